The first-order valence-corrected chi connectivity index (χ1v) is 6.43. The maximum Gasteiger partial charge on any atom is 0.261 e. The van der Waals surface area contributed by atoms with E-state index in [1.165, 1.54) is 11.9 Å². The molecule has 1 heterocycles. The highest BCUT2D eigenvalue weighted by Gasteiger charge is 2.06. The largest absolute Gasteiger partial charge is 0.268 e. The van der Waals surface area contributed by atoms with Crippen LogP contribution >= 0.6 is 11.9 Å². The molecule has 0 aliphatic heterocycles. The summed E-state index contributed by atoms with van der Waals surface area (Å²) in [4.78, 5) is 12.0. The van der Waals surface area contributed by atoms with Crippen LogP contribution in [0.25, 0.3) is 10.9 Å². The van der Waals surface area contributed by atoms with E-state index < -0.39 is 0 Å². The first-order chi connectivity index (χ1) is 8.09. The third-order valence-electron chi connectivity index (χ3n) is 2.53. The van der Waals surface area contributed by atoms with Gasteiger partial charge in [0.25, 0.3) is 5.56 Å². The van der Waals surface area contributed by atoms with Gasteiger partial charge in [-0.05, 0) is 37.4 Å². The molecule has 2 aromatic rings. The highest BCUT2D eigenvalue weighted by atomic mass is 32.2. The lowest BCUT2D eigenvalue weighted by Crippen LogP contribution is -2.15. The Morgan fingerprint density at radius 1 is 1.41 bits per heavy atom. The Kier molecular flexibility index (Phi) is 3.38. The Morgan fingerprint density at radius 3 is 2.82 bits per heavy atom. The molecule has 3 heteroatoms. The van der Waals surface area contributed by atoms with Crippen LogP contribution in [-0.2, 0) is 0 Å². The predicted molar refractivity (Wildman–Crippen MR) is 75.6 cm³/mol. The van der Waals surface area contributed by atoms with Gasteiger partial charge >= 0.3 is 0 Å². The van der Waals surface area contributed by atoms with Crippen LogP contribution in [0.4, 0.5) is 0 Å². The SMILES string of the molecule is C=C(C)CSn1c(=O)cc(C)c2ccccc21. The molecule has 17 heavy (non-hydrogen) atoms. The fourth-order valence-electron chi connectivity index (χ4n) is 1.73. The standard InChI is InChI=1S/C14H15NOS/c1-10(2)9-17-15-13-7-5-4-6-12(13)11(3)8-14(15)16/h4-8H,1,9H2,2-3H3. The van der Waals surface area contributed by atoms with Gasteiger partial charge in [0.2, 0.25) is 0 Å². The molecule has 0 fully saturated rings. The van der Waals surface area contributed by atoms with Crippen molar-refractivity contribution < 1.29 is 0 Å². The summed E-state index contributed by atoms with van der Waals surface area (Å²) in [6.45, 7) is 7.80. The lowest BCUT2D eigenvalue weighted by atomic mass is 10.1. The van der Waals surface area contributed by atoms with Gasteiger partial charge in [0.1, 0.15) is 0 Å². The minimum Gasteiger partial charge on any atom is -0.268 e. The molecule has 0 radical (unpaired) electrons. The van der Waals surface area contributed by atoms with Gasteiger partial charge in [-0.1, -0.05) is 30.4 Å². The predicted octanol–water partition coefficient (Wildman–Crippen LogP) is 3.38. The average molecular weight is 245 g/mol. The highest BCUT2D eigenvalue weighted by Crippen LogP contribution is 2.20. The zero-order valence-electron chi connectivity index (χ0n) is 10.1. The molecule has 0 aliphatic carbocycles. The Balaban J connectivity index is 2.61. The van der Waals surface area contributed by atoms with E-state index in [1.54, 1.807) is 10.0 Å². The molecule has 0 aliphatic rings. The fourth-order valence-corrected chi connectivity index (χ4v) is 2.56. The van der Waals surface area contributed by atoms with Crippen LogP contribution in [0.5, 0.6) is 0 Å². The maximum absolute atomic E-state index is 12.0. The Morgan fingerprint density at radius 2 is 2.12 bits per heavy atom. The lowest BCUT2D eigenvalue weighted by molar-refractivity contribution is 1.19. The second-order valence-electron chi connectivity index (χ2n) is 4.21. The molecule has 0 N–H and O–H groups in total. The first kappa shape index (κ1) is 12.0. The molecule has 2 rings (SSSR count). The van der Waals surface area contributed by atoms with Crippen molar-refractivity contribution in [3.05, 3.63) is 58.4 Å². The molecule has 0 saturated carbocycles. The van der Waals surface area contributed by atoms with Gasteiger partial charge in [-0.2, -0.15) is 0 Å². The summed E-state index contributed by atoms with van der Waals surface area (Å²) in [5.74, 6) is 0.757. The quantitative estimate of drug-likeness (QED) is 0.773. The number of hydrogen-bond donors (Lipinski definition) is 0. The van der Waals surface area contributed by atoms with E-state index in [0.29, 0.717) is 0 Å². The van der Waals surface area contributed by atoms with E-state index in [9.17, 15) is 4.79 Å². The van der Waals surface area contributed by atoms with E-state index in [2.05, 4.69) is 6.58 Å². The number of hydrogen-bond acceptors (Lipinski definition) is 2. The maximum atomic E-state index is 12.0. The van der Waals surface area contributed by atoms with Crippen LogP contribution in [0.3, 0.4) is 0 Å². The molecule has 0 bridgehead atoms. The monoisotopic (exact) mass is 245 g/mol. The first-order valence-electron chi connectivity index (χ1n) is 5.48. The zero-order valence-corrected chi connectivity index (χ0v) is 10.9. The van der Waals surface area contributed by atoms with Crippen molar-refractivity contribution in [1.29, 1.82) is 0 Å². The van der Waals surface area contributed by atoms with Crippen molar-refractivity contribution in [2.24, 2.45) is 0 Å². The number of nitrogens with zero attached hydrogens (tertiary/aromatic N) is 1. The topological polar surface area (TPSA) is 22.0 Å². The molecule has 0 saturated heterocycles. The minimum absolute atomic E-state index is 0.0347. The van der Waals surface area contributed by atoms with Crippen LogP contribution in [0, 0.1) is 6.92 Å². The van der Waals surface area contributed by atoms with Gasteiger partial charge in [-0.3, -0.25) is 4.79 Å². The molecular formula is C14H15NOS. The normalized spacial score (nSPS) is 10.7. The summed E-state index contributed by atoms with van der Waals surface area (Å²) >= 11 is 1.50. The van der Waals surface area contributed by atoms with Crippen molar-refractivity contribution in [1.82, 2.24) is 3.97 Å². The minimum atomic E-state index is 0.0347. The van der Waals surface area contributed by atoms with Gasteiger partial charge in [-0.25, -0.2) is 3.97 Å². The average Bonchev–Trinajstić information content (AvgIpc) is 2.28. The molecule has 0 unspecified atom stereocenters. The van der Waals surface area contributed by atoms with Gasteiger partial charge in [-0.15, -0.1) is 0 Å². The summed E-state index contributed by atoms with van der Waals surface area (Å²) in [6.07, 6.45) is 0. The third-order valence-corrected chi connectivity index (χ3v) is 3.78. The summed E-state index contributed by atoms with van der Waals surface area (Å²) < 4.78 is 1.75. The number of fused-ring (bicyclic) bond motifs is 1. The second-order valence-corrected chi connectivity index (χ2v) is 5.12. The van der Waals surface area contributed by atoms with Crippen LogP contribution in [0.1, 0.15) is 12.5 Å². The third kappa shape index (κ3) is 2.44. The van der Waals surface area contributed by atoms with Crippen LogP contribution in [-0.4, -0.2) is 9.73 Å². The van der Waals surface area contributed by atoms with Crippen molar-refractivity contribution in [3.63, 3.8) is 0 Å². The van der Waals surface area contributed by atoms with E-state index >= 15 is 0 Å². The van der Waals surface area contributed by atoms with Crippen LogP contribution in [0.2, 0.25) is 0 Å². The lowest BCUT2D eigenvalue weighted by Gasteiger charge is -2.10. The Labute approximate surface area is 105 Å². The second kappa shape index (κ2) is 4.80. The Hall–Kier alpha value is -1.48. The number of rotatable bonds is 3. The van der Waals surface area contributed by atoms with Gasteiger partial charge in [0.05, 0.1) is 5.52 Å². The highest BCUT2D eigenvalue weighted by molar-refractivity contribution is 7.98. The van der Waals surface area contributed by atoms with Gasteiger partial charge in [0.15, 0.2) is 0 Å². The zero-order chi connectivity index (χ0) is 12.4. The molecule has 88 valence electrons. The van der Waals surface area contributed by atoms with Crippen LogP contribution in [0.15, 0.2) is 47.3 Å². The number of benzene rings is 1. The van der Waals surface area contributed by atoms with Gasteiger partial charge in [0, 0.05) is 17.2 Å². The van der Waals surface area contributed by atoms with Crippen molar-refractivity contribution >= 4 is 22.9 Å². The summed E-state index contributed by atoms with van der Waals surface area (Å²) in [7, 11) is 0. The summed E-state index contributed by atoms with van der Waals surface area (Å²) in [5.41, 5.74) is 3.10. The summed E-state index contributed by atoms with van der Waals surface area (Å²) in [5, 5.41) is 1.13. The molecule has 1 aromatic carbocycles. The molecule has 2 nitrogen and oxygen atoms in total. The fraction of sp³-hybridized carbons (Fsp3) is 0.214. The van der Waals surface area contributed by atoms with Crippen molar-refractivity contribution in [3.8, 4) is 0 Å². The number of pyridine rings is 1. The van der Waals surface area contributed by atoms with Gasteiger partial charge < -0.3 is 0 Å². The van der Waals surface area contributed by atoms with E-state index in [1.807, 2.05) is 38.1 Å². The molecular weight excluding hydrogens is 230 g/mol. The Bertz CT molecular complexity index is 628. The van der Waals surface area contributed by atoms with Crippen molar-refractivity contribution in [2.45, 2.75) is 13.8 Å². The molecule has 0 spiro atoms. The van der Waals surface area contributed by atoms with E-state index in [4.69, 9.17) is 0 Å². The number of aryl methyl sites for hydroxylation is 1. The van der Waals surface area contributed by atoms with E-state index in [-0.39, 0.29) is 5.56 Å². The van der Waals surface area contributed by atoms with Crippen LogP contribution < -0.4 is 5.56 Å². The molecule has 1 aromatic heterocycles. The number of aromatic nitrogens is 1. The number of para-hydroxylation sites is 1. The molecule has 0 amide bonds. The van der Waals surface area contributed by atoms with Crippen molar-refractivity contribution in [2.75, 3.05) is 5.75 Å². The molecule has 0 atom stereocenters. The summed E-state index contributed by atoms with van der Waals surface area (Å²) in [6, 6.07) is 9.66. The van der Waals surface area contributed by atoms with E-state index in [0.717, 1.165) is 27.8 Å². The smallest absolute Gasteiger partial charge is 0.261 e.